The van der Waals surface area contributed by atoms with Gasteiger partial charge in [-0.05, 0) is 52.4 Å². The quantitative estimate of drug-likeness (QED) is 0.906. The molecule has 0 heterocycles. The molecular formula is C17H26N2O2. The highest BCUT2D eigenvalue weighted by Crippen LogP contribution is 2.28. The molecule has 0 saturated heterocycles. The third-order valence-electron chi connectivity index (χ3n) is 4.16. The number of nitrogens with one attached hydrogen (secondary N) is 1. The van der Waals surface area contributed by atoms with Crippen molar-refractivity contribution in [3.63, 3.8) is 0 Å². The third kappa shape index (κ3) is 4.46. The van der Waals surface area contributed by atoms with Crippen LogP contribution in [0.15, 0.2) is 24.3 Å². The number of hydrogen-bond acceptors (Lipinski definition) is 3. The van der Waals surface area contributed by atoms with E-state index in [9.17, 15) is 4.79 Å². The summed E-state index contributed by atoms with van der Waals surface area (Å²) in [6.45, 7) is 2.58. The molecule has 1 aromatic rings. The zero-order chi connectivity index (χ0) is 15.2. The summed E-state index contributed by atoms with van der Waals surface area (Å²) in [5, 5.41) is 3.03. The molecule has 2 atom stereocenters. The zero-order valence-electron chi connectivity index (χ0n) is 13.3. The lowest BCUT2D eigenvalue weighted by Crippen LogP contribution is -2.37. The highest BCUT2D eigenvalue weighted by Gasteiger charge is 2.28. The van der Waals surface area contributed by atoms with Crippen molar-refractivity contribution in [3.05, 3.63) is 24.3 Å². The van der Waals surface area contributed by atoms with Crippen molar-refractivity contribution in [1.29, 1.82) is 0 Å². The van der Waals surface area contributed by atoms with Gasteiger partial charge in [-0.1, -0.05) is 12.5 Å². The van der Waals surface area contributed by atoms with Gasteiger partial charge in [0.15, 0.2) is 0 Å². The van der Waals surface area contributed by atoms with Crippen LogP contribution in [-0.2, 0) is 4.79 Å². The summed E-state index contributed by atoms with van der Waals surface area (Å²) in [6.07, 6.45) is 4.25. The molecule has 116 valence electrons. The molecule has 0 unspecified atom stereocenters. The van der Waals surface area contributed by atoms with Crippen LogP contribution in [0.4, 0.5) is 5.69 Å². The molecule has 0 aliphatic heterocycles. The number of benzene rings is 1. The van der Waals surface area contributed by atoms with E-state index in [1.807, 2.05) is 31.2 Å². The lowest BCUT2D eigenvalue weighted by Gasteiger charge is -2.32. The smallest absolute Gasteiger partial charge is 0.227 e. The second kappa shape index (κ2) is 7.46. The highest BCUT2D eigenvalue weighted by atomic mass is 16.5. The van der Waals surface area contributed by atoms with Crippen molar-refractivity contribution in [1.82, 2.24) is 4.90 Å². The maximum atomic E-state index is 12.4. The number of amides is 1. The molecule has 0 bridgehead atoms. The molecule has 0 aromatic heterocycles. The fraction of sp³-hybridized carbons (Fsp3) is 0.588. The van der Waals surface area contributed by atoms with Gasteiger partial charge in [-0.15, -0.1) is 0 Å². The first-order valence-corrected chi connectivity index (χ1v) is 7.80. The second-order valence-corrected chi connectivity index (χ2v) is 5.93. The van der Waals surface area contributed by atoms with Crippen molar-refractivity contribution >= 4 is 11.6 Å². The van der Waals surface area contributed by atoms with E-state index >= 15 is 0 Å². The Morgan fingerprint density at radius 1 is 1.38 bits per heavy atom. The van der Waals surface area contributed by atoms with Crippen LogP contribution >= 0.6 is 0 Å². The zero-order valence-corrected chi connectivity index (χ0v) is 13.3. The Labute approximate surface area is 127 Å². The maximum absolute atomic E-state index is 12.4. The molecule has 21 heavy (non-hydrogen) atoms. The van der Waals surface area contributed by atoms with E-state index in [0.29, 0.717) is 12.6 Å². The van der Waals surface area contributed by atoms with Gasteiger partial charge < -0.3 is 15.0 Å². The minimum Gasteiger partial charge on any atom is -0.494 e. The summed E-state index contributed by atoms with van der Waals surface area (Å²) in [6, 6.07) is 8.12. The Kier molecular flexibility index (Phi) is 5.62. The predicted molar refractivity (Wildman–Crippen MR) is 85.7 cm³/mol. The minimum absolute atomic E-state index is 0.113. The summed E-state index contributed by atoms with van der Waals surface area (Å²) in [7, 11) is 4.19. The molecule has 0 radical (unpaired) electrons. The highest BCUT2D eigenvalue weighted by molar-refractivity contribution is 5.92. The summed E-state index contributed by atoms with van der Waals surface area (Å²) in [4.78, 5) is 14.7. The molecule has 1 aliphatic carbocycles. The third-order valence-corrected chi connectivity index (χ3v) is 4.16. The van der Waals surface area contributed by atoms with Gasteiger partial charge in [0.25, 0.3) is 0 Å². The topological polar surface area (TPSA) is 41.6 Å². The van der Waals surface area contributed by atoms with E-state index in [1.54, 1.807) is 0 Å². The van der Waals surface area contributed by atoms with Crippen LogP contribution in [0, 0.1) is 5.92 Å². The Balaban J connectivity index is 1.96. The van der Waals surface area contributed by atoms with Crippen molar-refractivity contribution in [3.8, 4) is 5.75 Å². The first-order valence-electron chi connectivity index (χ1n) is 7.80. The Hall–Kier alpha value is -1.55. The maximum Gasteiger partial charge on any atom is 0.227 e. The molecule has 4 nitrogen and oxygen atoms in total. The first-order chi connectivity index (χ1) is 10.1. The molecule has 2 rings (SSSR count). The lowest BCUT2D eigenvalue weighted by atomic mass is 9.84. The average molecular weight is 290 g/mol. The largest absolute Gasteiger partial charge is 0.494 e. The number of rotatable bonds is 5. The van der Waals surface area contributed by atoms with E-state index in [4.69, 9.17) is 4.74 Å². The Morgan fingerprint density at radius 2 is 2.19 bits per heavy atom. The number of carbonyl (C=O) groups excluding carboxylic acids is 1. The number of nitrogens with zero attached hydrogens (tertiary/aromatic N) is 1. The normalized spacial score (nSPS) is 22.1. The van der Waals surface area contributed by atoms with Crippen molar-refractivity contribution in [2.24, 2.45) is 5.92 Å². The fourth-order valence-corrected chi connectivity index (χ4v) is 2.95. The van der Waals surface area contributed by atoms with E-state index in [2.05, 4.69) is 24.3 Å². The molecule has 1 amide bonds. The van der Waals surface area contributed by atoms with E-state index < -0.39 is 0 Å². The second-order valence-electron chi connectivity index (χ2n) is 5.93. The van der Waals surface area contributed by atoms with Gasteiger partial charge >= 0.3 is 0 Å². The van der Waals surface area contributed by atoms with Gasteiger partial charge in [-0.3, -0.25) is 4.79 Å². The van der Waals surface area contributed by atoms with Crippen LogP contribution in [0.3, 0.4) is 0 Å². The van der Waals surface area contributed by atoms with E-state index in [0.717, 1.165) is 30.7 Å². The van der Waals surface area contributed by atoms with E-state index in [-0.39, 0.29) is 11.8 Å². The molecule has 1 aliphatic rings. The van der Waals surface area contributed by atoms with Crippen LogP contribution in [0.2, 0.25) is 0 Å². The predicted octanol–water partition coefficient (Wildman–Crippen LogP) is 3.14. The van der Waals surface area contributed by atoms with Gasteiger partial charge in [-0.2, -0.15) is 0 Å². The minimum atomic E-state index is 0.113. The van der Waals surface area contributed by atoms with Gasteiger partial charge in [-0.25, -0.2) is 0 Å². The van der Waals surface area contributed by atoms with Crippen LogP contribution in [0.5, 0.6) is 5.75 Å². The van der Waals surface area contributed by atoms with Gasteiger partial charge in [0.2, 0.25) is 5.91 Å². The van der Waals surface area contributed by atoms with Crippen LogP contribution in [0.25, 0.3) is 0 Å². The van der Waals surface area contributed by atoms with E-state index in [1.165, 1.54) is 6.42 Å². The number of ether oxygens (including phenoxy) is 1. The SMILES string of the molecule is CCOc1cccc(NC(=O)[C@@H]2CCC[C@H](N(C)C)C2)c1. The molecule has 1 N–H and O–H groups in total. The number of anilines is 1. The van der Waals surface area contributed by atoms with Crippen LogP contribution < -0.4 is 10.1 Å². The summed E-state index contributed by atoms with van der Waals surface area (Å²) in [5.74, 6) is 1.04. The lowest BCUT2D eigenvalue weighted by molar-refractivity contribution is -0.121. The number of carbonyl (C=O) groups is 1. The monoisotopic (exact) mass is 290 g/mol. The van der Waals surface area contributed by atoms with Gasteiger partial charge in [0.05, 0.1) is 6.61 Å². The molecule has 1 fully saturated rings. The summed E-state index contributed by atoms with van der Waals surface area (Å²) < 4.78 is 5.46. The number of hydrogen-bond donors (Lipinski definition) is 1. The first kappa shape index (κ1) is 15.8. The Morgan fingerprint density at radius 3 is 2.90 bits per heavy atom. The van der Waals surface area contributed by atoms with Crippen molar-refractivity contribution in [2.75, 3.05) is 26.0 Å². The molecule has 1 aromatic carbocycles. The van der Waals surface area contributed by atoms with Crippen LogP contribution in [0.1, 0.15) is 32.6 Å². The van der Waals surface area contributed by atoms with Gasteiger partial charge in [0.1, 0.15) is 5.75 Å². The molecular weight excluding hydrogens is 264 g/mol. The summed E-state index contributed by atoms with van der Waals surface area (Å²) >= 11 is 0. The van der Waals surface area contributed by atoms with Crippen molar-refractivity contribution in [2.45, 2.75) is 38.6 Å². The molecule has 4 heteroatoms. The molecule has 1 saturated carbocycles. The standard InChI is InChI=1S/C17H26N2O2/c1-4-21-16-10-6-8-14(12-16)18-17(20)13-7-5-9-15(11-13)19(2)3/h6,8,10,12-13,15H,4-5,7,9,11H2,1-3H3,(H,18,20)/t13-,15+/m1/s1. The Bertz CT molecular complexity index is 474. The van der Waals surface area contributed by atoms with Gasteiger partial charge in [0, 0.05) is 23.7 Å². The van der Waals surface area contributed by atoms with Crippen LogP contribution in [-0.4, -0.2) is 37.6 Å². The van der Waals surface area contributed by atoms with Crippen molar-refractivity contribution < 1.29 is 9.53 Å². The molecule has 0 spiro atoms. The fourth-order valence-electron chi connectivity index (χ4n) is 2.95. The average Bonchev–Trinajstić information content (AvgIpc) is 2.48. The summed E-state index contributed by atoms with van der Waals surface area (Å²) in [5.41, 5.74) is 0.818.